The molecule has 0 fully saturated rings. The molecule has 0 aliphatic heterocycles. The molecule has 0 aromatic carbocycles. The molecule has 0 aliphatic carbocycles. The first kappa shape index (κ1) is 27.3. The van der Waals surface area contributed by atoms with Crippen LogP contribution in [0.25, 0.3) is 21.3 Å². The number of fused-ring (bicyclic) bond motifs is 1. The van der Waals surface area contributed by atoms with E-state index in [2.05, 4.69) is 25.6 Å². The van der Waals surface area contributed by atoms with Crippen LogP contribution in [0.2, 0.25) is 5.02 Å². The Morgan fingerprint density at radius 2 is 1.88 bits per heavy atom. The number of alkyl halides is 3. The fourth-order valence-electron chi connectivity index (χ4n) is 4.20. The highest BCUT2D eigenvalue weighted by atomic mass is 35.5. The third-order valence-electron chi connectivity index (χ3n) is 6.39. The molecule has 0 saturated carbocycles. The number of primary amides is 1. The lowest BCUT2D eigenvalue weighted by Crippen LogP contribution is -2.18. The number of aromatic nitrogens is 7. The lowest BCUT2D eigenvalue weighted by atomic mass is 10.0. The predicted molar refractivity (Wildman–Crippen MR) is 142 cm³/mol. The largest absolute Gasteiger partial charge is 0.433 e. The molecule has 0 atom stereocenters. The van der Waals surface area contributed by atoms with Gasteiger partial charge in [0.05, 0.1) is 28.3 Å². The van der Waals surface area contributed by atoms with Crippen LogP contribution in [0.4, 0.5) is 18.9 Å². The van der Waals surface area contributed by atoms with E-state index in [0.29, 0.717) is 33.3 Å². The molecular weight excluding hydrogens is 571 g/mol. The molecule has 5 aromatic rings. The third-order valence-corrected chi connectivity index (χ3v) is 8.03. The Hall–Kier alpha value is -4.24. The zero-order valence-electron chi connectivity index (χ0n) is 21.5. The number of carbonyl (C=O) groups is 2. The van der Waals surface area contributed by atoms with Crippen LogP contribution in [-0.4, -0.2) is 46.1 Å². The first-order valence-electron chi connectivity index (χ1n) is 11.6. The van der Waals surface area contributed by atoms with Crippen molar-refractivity contribution in [2.45, 2.75) is 33.6 Å². The summed E-state index contributed by atoms with van der Waals surface area (Å²) in [5.74, 6) is -1.64. The predicted octanol–water partition coefficient (Wildman–Crippen LogP) is 4.54. The lowest BCUT2D eigenvalue weighted by molar-refractivity contribution is -0.140. The maximum Gasteiger partial charge on any atom is 0.433 e. The Kier molecular flexibility index (Phi) is 6.66. The van der Waals surface area contributed by atoms with E-state index in [4.69, 9.17) is 17.3 Å². The van der Waals surface area contributed by atoms with Crippen molar-refractivity contribution in [2.24, 2.45) is 12.8 Å². The molecule has 16 heteroatoms. The van der Waals surface area contributed by atoms with E-state index in [1.54, 1.807) is 38.7 Å². The maximum atomic E-state index is 13.8. The van der Waals surface area contributed by atoms with Gasteiger partial charge in [-0.3, -0.25) is 19.0 Å². The summed E-state index contributed by atoms with van der Waals surface area (Å²) in [6.45, 7) is 5.43. The Morgan fingerprint density at radius 1 is 1.15 bits per heavy atom. The lowest BCUT2D eigenvalue weighted by Gasteiger charge is -2.12. The van der Waals surface area contributed by atoms with Crippen LogP contribution in [0.15, 0.2) is 24.5 Å². The van der Waals surface area contributed by atoms with E-state index < -0.39 is 23.7 Å². The molecule has 0 bridgehead atoms. The number of thiophene rings is 1. The zero-order chi connectivity index (χ0) is 29.1. The van der Waals surface area contributed by atoms with E-state index in [9.17, 15) is 22.8 Å². The first-order valence-corrected chi connectivity index (χ1v) is 12.8. The minimum absolute atomic E-state index is 0.0126. The van der Waals surface area contributed by atoms with E-state index in [1.807, 2.05) is 0 Å². The van der Waals surface area contributed by atoms with Crippen molar-refractivity contribution in [3.8, 4) is 11.1 Å². The number of pyridine rings is 1. The van der Waals surface area contributed by atoms with E-state index in [-0.39, 0.29) is 38.7 Å². The van der Waals surface area contributed by atoms with Crippen molar-refractivity contribution >= 4 is 50.7 Å². The highest BCUT2D eigenvalue weighted by Crippen LogP contribution is 2.44. The van der Waals surface area contributed by atoms with Gasteiger partial charge in [0.2, 0.25) is 0 Å². The SMILES string of the molecule is Cc1nn(Cn2ccc(C(=O)Nc3c(C(N)=O)sc4nc(C(F)(F)F)cc(-c5cnn(C)c5C)c34)n2)c(C)c1Cl. The number of hydrogen-bond acceptors (Lipinski definition) is 7. The molecule has 2 amide bonds. The quantitative estimate of drug-likeness (QED) is 0.297. The summed E-state index contributed by atoms with van der Waals surface area (Å²) in [4.78, 5) is 29.1. The summed E-state index contributed by atoms with van der Waals surface area (Å²) >= 11 is 6.86. The topological polar surface area (TPSA) is 139 Å². The molecule has 11 nitrogen and oxygen atoms in total. The second-order valence-corrected chi connectivity index (χ2v) is 10.4. The fraction of sp³-hybridized carbons (Fsp3) is 0.250. The highest BCUT2D eigenvalue weighted by Gasteiger charge is 2.35. The van der Waals surface area contributed by atoms with Crippen LogP contribution in [0.3, 0.4) is 0 Å². The Balaban J connectivity index is 1.59. The average Bonchev–Trinajstić information content (AvgIpc) is 3.63. The van der Waals surface area contributed by atoms with Crippen molar-refractivity contribution in [1.29, 1.82) is 0 Å². The number of carbonyl (C=O) groups excluding carboxylic acids is 2. The normalized spacial score (nSPS) is 11.9. The number of aryl methyl sites for hydroxylation is 2. The molecule has 0 radical (unpaired) electrons. The van der Waals surface area contributed by atoms with Gasteiger partial charge in [0.1, 0.15) is 22.1 Å². The fourth-order valence-corrected chi connectivity index (χ4v) is 5.34. The van der Waals surface area contributed by atoms with Gasteiger partial charge < -0.3 is 11.1 Å². The second-order valence-electron chi connectivity index (χ2n) is 8.99. The van der Waals surface area contributed by atoms with Crippen molar-refractivity contribution in [3.63, 3.8) is 0 Å². The minimum atomic E-state index is -4.76. The van der Waals surface area contributed by atoms with E-state index in [0.717, 1.165) is 11.8 Å². The van der Waals surface area contributed by atoms with Gasteiger partial charge >= 0.3 is 6.18 Å². The number of nitrogens with zero attached hydrogens (tertiary/aromatic N) is 7. The molecule has 208 valence electrons. The Labute approximate surface area is 233 Å². The Morgan fingerprint density at radius 3 is 2.45 bits per heavy atom. The van der Waals surface area contributed by atoms with Crippen LogP contribution >= 0.6 is 22.9 Å². The van der Waals surface area contributed by atoms with Gasteiger partial charge in [-0.05, 0) is 38.5 Å². The maximum absolute atomic E-state index is 13.8. The standard InChI is InChI=1S/C24H21ClF3N9O2S/c1-10-18(25)12(3)37(33-10)9-36-6-5-15(34-36)22(39)32-19-17-13(14-8-30-35(4)11(14)2)7-16(24(26,27)28)31-23(17)40-20(19)21(29)38/h5-8H,9H2,1-4H3,(H2,29,38)(H,32,39). The van der Waals surface area contributed by atoms with Crippen molar-refractivity contribution in [3.05, 3.63) is 62.9 Å². The first-order chi connectivity index (χ1) is 18.8. The molecular formula is C24H21ClF3N9O2S. The highest BCUT2D eigenvalue weighted by molar-refractivity contribution is 7.21. The summed E-state index contributed by atoms with van der Waals surface area (Å²) in [7, 11) is 1.64. The molecule has 0 saturated heterocycles. The monoisotopic (exact) mass is 591 g/mol. The van der Waals surface area contributed by atoms with Gasteiger partial charge in [-0.2, -0.15) is 28.5 Å². The van der Waals surface area contributed by atoms with Crippen LogP contribution in [-0.2, 0) is 19.9 Å². The molecule has 0 spiro atoms. The number of rotatable bonds is 6. The summed E-state index contributed by atoms with van der Waals surface area (Å²) in [6, 6.07) is 2.32. The van der Waals surface area contributed by atoms with Gasteiger partial charge in [0, 0.05) is 29.9 Å². The molecule has 5 heterocycles. The average molecular weight is 592 g/mol. The Bertz CT molecular complexity index is 1820. The van der Waals surface area contributed by atoms with Crippen molar-refractivity contribution in [1.82, 2.24) is 34.3 Å². The number of amides is 2. The second kappa shape index (κ2) is 9.75. The third kappa shape index (κ3) is 4.70. The van der Waals surface area contributed by atoms with Gasteiger partial charge in [-0.15, -0.1) is 11.3 Å². The van der Waals surface area contributed by atoms with Crippen LogP contribution < -0.4 is 11.1 Å². The van der Waals surface area contributed by atoms with Crippen LogP contribution in [0, 0.1) is 20.8 Å². The minimum Gasteiger partial charge on any atom is -0.365 e. The van der Waals surface area contributed by atoms with Gasteiger partial charge in [-0.25, -0.2) is 9.67 Å². The molecule has 0 unspecified atom stereocenters. The summed E-state index contributed by atoms with van der Waals surface area (Å²) in [6.07, 6.45) is -1.80. The number of hydrogen-bond donors (Lipinski definition) is 2. The smallest absolute Gasteiger partial charge is 0.365 e. The number of anilines is 1. The zero-order valence-corrected chi connectivity index (χ0v) is 23.0. The van der Waals surface area contributed by atoms with Crippen LogP contribution in [0.1, 0.15) is 42.9 Å². The number of halogens is 4. The molecule has 40 heavy (non-hydrogen) atoms. The van der Waals surface area contributed by atoms with Crippen molar-refractivity contribution in [2.75, 3.05) is 5.32 Å². The van der Waals surface area contributed by atoms with Crippen molar-refractivity contribution < 1.29 is 22.8 Å². The number of nitrogens with one attached hydrogen (secondary N) is 1. The van der Waals surface area contributed by atoms with Crippen LogP contribution in [0.5, 0.6) is 0 Å². The summed E-state index contributed by atoms with van der Waals surface area (Å²) in [5, 5.41) is 16.0. The summed E-state index contributed by atoms with van der Waals surface area (Å²) < 4.78 is 45.9. The molecule has 5 aromatic heterocycles. The number of nitrogens with two attached hydrogens (primary N) is 1. The van der Waals surface area contributed by atoms with Gasteiger partial charge in [0.25, 0.3) is 11.8 Å². The molecule has 5 rings (SSSR count). The van der Waals surface area contributed by atoms with E-state index in [1.165, 1.54) is 21.6 Å². The molecule has 3 N–H and O–H groups in total. The van der Waals surface area contributed by atoms with Gasteiger partial charge in [-0.1, -0.05) is 11.6 Å². The van der Waals surface area contributed by atoms with E-state index >= 15 is 0 Å². The van der Waals surface area contributed by atoms with Gasteiger partial charge in [0.15, 0.2) is 5.69 Å². The summed E-state index contributed by atoms with van der Waals surface area (Å²) in [5.41, 5.74) is 6.74. The molecule has 0 aliphatic rings.